The molecule has 3 unspecified atom stereocenters. The Balaban J connectivity index is 2.02. The molecule has 1 saturated carbocycles. The molecule has 0 radical (unpaired) electrons. The van der Waals surface area contributed by atoms with E-state index in [-0.39, 0.29) is 0 Å². The number of benzene rings is 1. The van der Waals surface area contributed by atoms with E-state index >= 15 is 0 Å². The quantitative estimate of drug-likeness (QED) is 0.592. The summed E-state index contributed by atoms with van der Waals surface area (Å²) in [6.45, 7) is 9.43. The van der Waals surface area contributed by atoms with Gasteiger partial charge in [-0.2, -0.15) is 0 Å². The molecule has 0 saturated heterocycles. The summed E-state index contributed by atoms with van der Waals surface area (Å²) in [6, 6.07) is 9.25. The van der Waals surface area contributed by atoms with Crippen molar-refractivity contribution in [2.45, 2.75) is 64.6 Å². The van der Waals surface area contributed by atoms with Gasteiger partial charge in [0.1, 0.15) is 0 Å². The molecule has 20 heavy (non-hydrogen) atoms. The van der Waals surface area contributed by atoms with Gasteiger partial charge in [0.2, 0.25) is 0 Å². The standard InChI is InChI=1S/C19H29Br/c1-5-14-6-8-15(9-7-14)12-16-13-17(19(2,3)4)10-11-18(16)20/h6-9,16-18H,5,10-13H2,1-4H3. The maximum Gasteiger partial charge on any atom is 0.0177 e. The van der Waals surface area contributed by atoms with Gasteiger partial charge in [-0.15, -0.1) is 0 Å². The van der Waals surface area contributed by atoms with Crippen LogP contribution in [0.5, 0.6) is 0 Å². The Labute approximate surface area is 133 Å². The van der Waals surface area contributed by atoms with E-state index in [0.717, 1.165) is 18.3 Å². The van der Waals surface area contributed by atoms with Gasteiger partial charge in [-0.25, -0.2) is 0 Å². The molecule has 0 bridgehead atoms. The highest BCUT2D eigenvalue weighted by Gasteiger charge is 2.34. The lowest BCUT2D eigenvalue weighted by Gasteiger charge is -2.40. The predicted molar refractivity (Wildman–Crippen MR) is 92.5 cm³/mol. The van der Waals surface area contributed by atoms with E-state index in [0.29, 0.717) is 10.2 Å². The number of hydrogen-bond donors (Lipinski definition) is 0. The van der Waals surface area contributed by atoms with E-state index in [9.17, 15) is 0 Å². The molecule has 0 aromatic heterocycles. The lowest BCUT2D eigenvalue weighted by atomic mass is 9.68. The highest BCUT2D eigenvalue weighted by molar-refractivity contribution is 9.09. The molecule has 0 aliphatic heterocycles. The van der Waals surface area contributed by atoms with Gasteiger partial charge in [-0.05, 0) is 60.5 Å². The predicted octanol–water partition coefficient (Wildman–Crippen LogP) is 6.02. The first-order valence-corrected chi connectivity index (χ1v) is 9.03. The first kappa shape index (κ1) is 16.1. The molecule has 1 aliphatic carbocycles. The fraction of sp³-hybridized carbons (Fsp3) is 0.684. The van der Waals surface area contributed by atoms with Crippen molar-refractivity contribution < 1.29 is 0 Å². The third-order valence-corrected chi connectivity index (χ3v) is 6.25. The van der Waals surface area contributed by atoms with Gasteiger partial charge in [0.25, 0.3) is 0 Å². The van der Waals surface area contributed by atoms with Crippen LogP contribution in [0.25, 0.3) is 0 Å². The van der Waals surface area contributed by atoms with Crippen LogP contribution in [0.2, 0.25) is 0 Å². The van der Waals surface area contributed by atoms with Crippen LogP contribution in [0.15, 0.2) is 24.3 Å². The summed E-state index contributed by atoms with van der Waals surface area (Å²) < 4.78 is 0. The van der Waals surface area contributed by atoms with Gasteiger partial charge >= 0.3 is 0 Å². The van der Waals surface area contributed by atoms with Crippen LogP contribution < -0.4 is 0 Å². The van der Waals surface area contributed by atoms with E-state index in [1.807, 2.05) is 0 Å². The molecule has 0 N–H and O–H groups in total. The van der Waals surface area contributed by atoms with Crippen LogP contribution in [0.3, 0.4) is 0 Å². The molecular weight excluding hydrogens is 308 g/mol. The normalized spacial score (nSPS) is 27.6. The van der Waals surface area contributed by atoms with Crippen LogP contribution in [0, 0.1) is 17.3 Å². The monoisotopic (exact) mass is 336 g/mol. The third-order valence-electron chi connectivity index (χ3n) is 5.04. The van der Waals surface area contributed by atoms with Gasteiger partial charge in [0.05, 0.1) is 0 Å². The smallest absolute Gasteiger partial charge is 0.0177 e. The van der Waals surface area contributed by atoms with Crippen molar-refractivity contribution in [2.24, 2.45) is 17.3 Å². The Kier molecular flexibility index (Phi) is 5.34. The van der Waals surface area contributed by atoms with E-state index in [4.69, 9.17) is 0 Å². The number of rotatable bonds is 3. The maximum atomic E-state index is 3.93. The van der Waals surface area contributed by atoms with Crippen LogP contribution in [0.1, 0.15) is 58.1 Å². The number of hydrogen-bond acceptors (Lipinski definition) is 0. The number of halogens is 1. The van der Waals surface area contributed by atoms with Crippen LogP contribution >= 0.6 is 15.9 Å². The molecule has 0 heterocycles. The zero-order valence-electron chi connectivity index (χ0n) is 13.5. The molecular formula is C19H29Br. The molecule has 112 valence electrons. The second kappa shape index (κ2) is 6.64. The zero-order valence-corrected chi connectivity index (χ0v) is 15.0. The lowest BCUT2D eigenvalue weighted by molar-refractivity contribution is 0.146. The van der Waals surface area contributed by atoms with Crippen molar-refractivity contribution in [3.8, 4) is 0 Å². The number of aryl methyl sites for hydroxylation is 1. The molecule has 1 aliphatic rings. The van der Waals surface area contributed by atoms with Gasteiger partial charge in [0, 0.05) is 4.83 Å². The average Bonchev–Trinajstić information content (AvgIpc) is 2.41. The van der Waals surface area contributed by atoms with Gasteiger partial charge in [0.15, 0.2) is 0 Å². The van der Waals surface area contributed by atoms with Gasteiger partial charge in [-0.3, -0.25) is 0 Å². The second-order valence-corrected chi connectivity index (χ2v) is 8.70. The first-order chi connectivity index (χ1) is 9.40. The lowest BCUT2D eigenvalue weighted by Crippen LogP contribution is -2.33. The zero-order chi connectivity index (χ0) is 14.8. The minimum atomic E-state index is 0.456. The molecule has 1 aromatic carbocycles. The molecule has 3 atom stereocenters. The Morgan fingerprint density at radius 1 is 1.05 bits per heavy atom. The van der Waals surface area contributed by atoms with Crippen molar-refractivity contribution in [1.29, 1.82) is 0 Å². The van der Waals surface area contributed by atoms with E-state index in [1.165, 1.54) is 36.8 Å². The summed E-state index contributed by atoms with van der Waals surface area (Å²) in [5.74, 6) is 1.66. The second-order valence-electron chi connectivity index (χ2n) is 7.53. The maximum absolute atomic E-state index is 3.93. The van der Waals surface area contributed by atoms with Crippen molar-refractivity contribution >= 4 is 15.9 Å². The Hall–Kier alpha value is -0.300. The Morgan fingerprint density at radius 2 is 1.65 bits per heavy atom. The van der Waals surface area contributed by atoms with E-state index in [2.05, 4.69) is 67.9 Å². The van der Waals surface area contributed by atoms with Crippen molar-refractivity contribution in [1.82, 2.24) is 0 Å². The SMILES string of the molecule is CCc1ccc(CC2CC(C(C)(C)C)CCC2Br)cc1. The van der Waals surface area contributed by atoms with Crippen LogP contribution in [-0.4, -0.2) is 4.83 Å². The summed E-state index contributed by atoms with van der Waals surface area (Å²) in [6.07, 6.45) is 6.45. The van der Waals surface area contributed by atoms with Gasteiger partial charge < -0.3 is 0 Å². The number of alkyl halides is 1. The molecule has 0 amide bonds. The summed E-state index contributed by atoms with van der Waals surface area (Å²) >= 11 is 3.93. The molecule has 1 fully saturated rings. The fourth-order valence-corrected chi connectivity index (χ4v) is 4.11. The largest absolute Gasteiger partial charge is 0.0888 e. The summed E-state index contributed by atoms with van der Waals surface area (Å²) in [7, 11) is 0. The highest BCUT2D eigenvalue weighted by atomic mass is 79.9. The topological polar surface area (TPSA) is 0 Å². The van der Waals surface area contributed by atoms with Crippen LogP contribution in [-0.2, 0) is 12.8 Å². The minimum Gasteiger partial charge on any atom is -0.0888 e. The minimum absolute atomic E-state index is 0.456. The summed E-state index contributed by atoms with van der Waals surface area (Å²) in [5.41, 5.74) is 3.41. The van der Waals surface area contributed by atoms with E-state index < -0.39 is 0 Å². The first-order valence-electron chi connectivity index (χ1n) is 8.12. The molecule has 0 spiro atoms. The summed E-state index contributed by atoms with van der Waals surface area (Å²) in [4.78, 5) is 0.701. The van der Waals surface area contributed by atoms with Crippen molar-refractivity contribution in [2.75, 3.05) is 0 Å². The average molecular weight is 337 g/mol. The van der Waals surface area contributed by atoms with E-state index in [1.54, 1.807) is 0 Å². The van der Waals surface area contributed by atoms with Gasteiger partial charge in [-0.1, -0.05) is 67.9 Å². The fourth-order valence-electron chi connectivity index (χ4n) is 3.44. The molecule has 2 rings (SSSR count). The Bertz CT molecular complexity index is 412. The third kappa shape index (κ3) is 4.10. The van der Waals surface area contributed by atoms with Crippen LogP contribution in [0.4, 0.5) is 0 Å². The molecule has 1 aromatic rings. The molecule has 1 heteroatoms. The van der Waals surface area contributed by atoms with Crippen molar-refractivity contribution in [3.63, 3.8) is 0 Å². The van der Waals surface area contributed by atoms with Crippen molar-refractivity contribution in [3.05, 3.63) is 35.4 Å². The highest BCUT2D eigenvalue weighted by Crippen LogP contribution is 2.43. The summed E-state index contributed by atoms with van der Waals surface area (Å²) in [5, 5.41) is 0. The Morgan fingerprint density at radius 3 is 2.20 bits per heavy atom. The molecule has 0 nitrogen and oxygen atoms in total.